The predicted molar refractivity (Wildman–Crippen MR) is 77.6 cm³/mol. The number of amides is 1. The lowest BCUT2D eigenvalue weighted by Gasteiger charge is -2.15. The molecular weight excluding hydrogens is 262 g/mol. The van der Waals surface area contributed by atoms with Crippen LogP contribution in [0.5, 0.6) is 5.75 Å². The van der Waals surface area contributed by atoms with E-state index in [-0.39, 0.29) is 18.6 Å². The van der Waals surface area contributed by atoms with Crippen LogP contribution in [0.4, 0.5) is 0 Å². The normalized spacial score (nSPS) is 11.9. The minimum Gasteiger partial charge on any atom is -0.497 e. The van der Waals surface area contributed by atoms with Gasteiger partial charge in [-0.2, -0.15) is 0 Å². The summed E-state index contributed by atoms with van der Waals surface area (Å²) in [5, 5.41) is 11.8. The van der Waals surface area contributed by atoms with Gasteiger partial charge in [0.2, 0.25) is 5.91 Å². The lowest BCUT2D eigenvalue weighted by Crippen LogP contribution is -2.36. The van der Waals surface area contributed by atoms with Crippen molar-refractivity contribution in [1.82, 2.24) is 5.32 Å². The highest BCUT2D eigenvalue weighted by Gasteiger charge is 2.10. The molecule has 0 aliphatic carbocycles. The van der Waals surface area contributed by atoms with Crippen molar-refractivity contribution in [3.8, 4) is 5.75 Å². The van der Waals surface area contributed by atoms with E-state index in [1.807, 2.05) is 31.2 Å². The summed E-state index contributed by atoms with van der Waals surface area (Å²) in [7, 11) is 1.63. The van der Waals surface area contributed by atoms with Crippen LogP contribution in [0.15, 0.2) is 29.2 Å². The number of benzene rings is 1. The van der Waals surface area contributed by atoms with Crippen molar-refractivity contribution >= 4 is 17.7 Å². The van der Waals surface area contributed by atoms with Gasteiger partial charge in [-0.15, -0.1) is 11.8 Å². The number of hydrogen-bond acceptors (Lipinski definition) is 4. The van der Waals surface area contributed by atoms with E-state index in [9.17, 15) is 4.79 Å². The number of rotatable bonds is 8. The van der Waals surface area contributed by atoms with Crippen LogP contribution in [-0.2, 0) is 4.79 Å². The van der Waals surface area contributed by atoms with Crippen LogP contribution in [0.1, 0.15) is 19.8 Å². The first-order valence-corrected chi connectivity index (χ1v) is 7.35. The van der Waals surface area contributed by atoms with Crippen molar-refractivity contribution in [3.63, 3.8) is 0 Å². The van der Waals surface area contributed by atoms with Gasteiger partial charge in [0.1, 0.15) is 5.75 Å². The second kappa shape index (κ2) is 8.82. The topological polar surface area (TPSA) is 58.6 Å². The monoisotopic (exact) mass is 283 g/mol. The minimum absolute atomic E-state index is 0.00104. The molecule has 1 unspecified atom stereocenters. The second-order valence-corrected chi connectivity index (χ2v) is 5.20. The lowest BCUT2D eigenvalue weighted by molar-refractivity contribution is -0.119. The molecule has 0 spiro atoms. The van der Waals surface area contributed by atoms with Gasteiger partial charge in [-0.3, -0.25) is 4.79 Å². The number of aliphatic hydroxyl groups is 1. The van der Waals surface area contributed by atoms with Crippen LogP contribution in [0.3, 0.4) is 0 Å². The molecule has 1 amide bonds. The van der Waals surface area contributed by atoms with Crippen molar-refractivity contribution in [2.24, 2.45) is 0 Å². The van der Waals surface area contributed by atoms with Crippen molar-refractivity contribution in [2.75, 3.05) is 19.5 Å². The van der Waals surface area contributed by atoms with Crippen LogP contribution >= 0.6 is 11.8 Å². The number of thioether (sulfide) groups is 1. The molecule has 0 saturated heterocycles. The van der Waals surface area contributed by atoms with Gasteiger partial charge in [0.05, 0.1) is 12.9 Å². The third kappa shape index (κ3) is 5.98. The molecule has 1 aromatic rings. The minimum atomic E-state index is 0.00104. The molecule has 0 aliphatic rings. The summed E-state index contributed by atoms with van der Waals surface area (Å²) in [6.07, 6.45) is 1.44. The molecule has 0 bridgehead atoms. The van der Waals surface area contributed by atoms with Gasteiger partial charge in [0.15, 0.2) is 0 Å². The third-order valence-corrected chi connectivity index (χ3v) is 3.78. The van der Waals surface area contributed by atoms with E-state index in [1.165, 1.54) is 11.8 Å². The van der Waals surface area contributed by atoms with Crippen molar-refractivity contribution in [1.29, 1.82) is 0 Å². The first-order chi connectivity index (χ1) is 9.19. The number of methoxy groups -OCH3 is 1. The summed E-state index contributed by atoms with van der Waals surface area (Å²) in [6, 6.07) is 7.68. The highest BCUT2D eigenvalue weighted by Crippen LogP contribution is 2.20. The van der Waals surface area contributed by atoms with E-state index in [2.05, 4.69) is 5.32 Å². The summed E-state index contributed by atoms with van der Waals surface area (Å²) < 4.78 is 5.08. The standard InChI is InChI=1S/C14H21NO3S/c1-3-11(8-9-16)15-14(17)10-19-13-6-4-12(18-2)5-7-13/h4-7,11,16H,3,8-10H2,1-2H3,(H,15,17). The molecule has 1 aromatic carbocycles. The Hall–Kier alpha value is -1.20. The largest absolute Gasteiger partial charge is 0.497 e. The molecule has 0 aromatic heterocycles. The summed E-state index contributed by atoms with van der Waals surface area (Å²) in [5.41, 5.74) is 0. The number of ether oxygens (including phenoxy) is 1. The van der Waals surface area contributed by atoms with Gasteiger partial charge in [0.25, 0.3) is 0 Å². The number of carbonyl (C=O) groups excluding carboxylic acids is 1. The zero-order valence-corrected chi connectivity index (χ0v) is 12.2. The van der Waals surface area contributed by atoms with Gasteiger partial charge in [-0.05, 0) is 37.1 Å². The van der Waals surface area contributed by atoms with E-state index >= 15 is 0 Å². The first-order valence-electron chi connectivity index (χ1n) is 6.36. The SMILES string of the molecule is CCC(CCO)NC(=O)CSc1ccc(OC)cc1. The van der Waals surface area contributed by atoms with Gasteiger partial charge < -0.3 is 15.2 Å². The number of carbonyl (C=O) groups is 1. The first kappa shape index (κ1) is 15.9. The zero-order valence-electron chi connectivity index (χ0n) is 11.4. The predicted octanol–water partition coefficient (Wildman–Crippen LogP) is 2.06. The average Bonchev–Trinajstić information content (AvgIpc) is 2.45. The Labute approximate surface area is 118 Å². The summed E-state index contributed by atoms with van der Waals surface area (Å²) in [4.78, 5) is 12.8. The van der Waals surface area contributed by atoms with Gasteiger partial charge in [-0.1, -0.05) is 6.92 Å². The van der Waals surface area contributed by atoms with Crippen LogP contribution in [-0.4, -0.2) is 36.5 Å². The van der Waals surface area contributed by atoms with Crippen LogP contribution in [0.2, 0.25) is 0 Å². The fourth-order valence-electron chi connectivity index (χ4n) is 1.62. The maximum atomic E-state index is 11.7. The Balaban J connectivity index is 2.36. The molecule has 0 saturated carbocycles. The lowest BCUT2D eigenvalue weighted by atomic mass is 10.1. The molecule has 2 N–H and O–H groups in total. The van der Waals surface area contributed by atoms with Crippen LogP contribution < -0.4 is 10.1 Å². The molecular formula is C14H21NO3S. The van der Waals surface area contributed by atoms with Gasteiger partial charge >= 0.3 is 0 Å². The Bertz CT molecular complexity index is 381. The van der Waals surface area contributed by atoms with E-state index in [0.717, 1.165) is 17.1 Å². The highest BCUT2D eigenvalue weighted by molar-refractivity contribution is 8.00. The summed E-state index contributed by atoms with van der Waals surface area (Å²) >= 11 is 1.49. The molecule has 0 radical (unpaired) electrons. The molecule has 19 heavy (non-hydrogen) atoms. The maximum absolute atomic E-state index is 11.7. The molecule has 5 heteroatoms. The molecule has 0 aliphatic heterocycles. The van der Waals surface area contributed by atoms with E-state index in [0.29, 0.717) is 12.2 Å². The van der Waals surface area contributed by atoms with Crippen molar-refractivity contribution in [2.45, 2.75) is 30.7 Å². The Kier molecular flexibility index (Phi) is 7.36. The fraction of sp³-hybridized carbons (Fsp3) is 0.500. The van der Waals surface area contributed by atoms with Gasteiger partial charge in [0, 0.05) is 17.5 Å². The van der Waals surface area contributed by atoms with E-state index in [1.54, 1.807) is 7.11 Å². The van der Waals surface area contributed by atoms with E-state index < -0.39 is 0 Å². The van der Waals surface area contributed by atoms with Crippen LogP contribution in [0.25, 0.3) is 0 Å². The molecule has 1 rings (SSSR count). The van der Waals surface area contributed by atoms with Crippen molar-refractivity contribution in [3.05, 3.63) is 24.3 Å². The van der Waals surface area contributed by atoms with Gasteiger partial charge in [-0.25, -0.2) is 0 Å². The average molecular weight is 283 g/mol. The van der Waals surface area contributed by atoms with E-state index in [4.69, 9.17) is 9.84 Å². The van der Waals surface area contributed by atoms with Crippen molar-refractivity contribution < 1.29 is 14.6 Å². The summed E-state index contributed by atoms with van der Waals surface area (Å²) in [6.45, 7) is 2.10. The molecule has 0 fully saturated rings. The van der Waals surface area contributed by atoms with Crippen LogP contribution in [0, 0.1) is 0 Å². The quantitative estimate of drug-likeness (QED) is 0.717. The Morgan fingerprint density at radius 3 is 2.63 bits per heavy atom. The smallest absolute Gasteiger partial charge is 0.230 e. The maximum Gasteiger partial charge on any atom is 0.230 e. The number of hydrogen-bond donors (Lipinski definition) is 2. The zero-order chi connectivity index (χ0) is 14.1. The second-order valence-electron chi connectivity index (χ2n) is 4.15. The molecule has 1 atom stereocenters. The highest BCUT2D eigenvalue weighted by atomic mass is 32.2. The Morgan fingerprint density at radius 1 is 1.42 bits per heavy atom. The fourth-order valence-corrected chi connectivity index (χ4v) is 2.33. The number of aliphatic hydroxyl groups excluding tert-OH is 1. The molecule has 4 nitrogen and oxygen atoms in total. The molecule has 106 valence electrons. The number of nitrogens with one attached hydrogen (secondary N) is 1. The summed E-state index contributed by atoms with van der Waals surface area (Å²) in [5.74, 6) is 1.19. The third-order valence-electron chi connectivity index (χ3n) is 2.76. The molecule has 0 heterocycles. The Morgan fingerprint density at radius 2 is 2.11 bits per heavy atom.